The molecular weight excluding hydrogens is 485 g/mol. The Labute approximate surface area is 188 Å². The molecular formula is C20H8Cl4F3NO2. The lowest BCUT2D eigenvalue weighted by molar-refractivity contribution is 0.0992. The van der Waals surface area contributed by atoms with E-state index in [1.54, 1.807) is 0 Å². The topological polar surface area (TPSA) is 49.7 Å². The number of hydrogen-bond donors (Lipinski definition) is 1. The standard InChI is InChI=1S/C20H8Cl4F3NO2/c21-8-5-9(22)14(24)18(13(8)23)28-19-15(25)7-4-6-2-1-3-10(29)11(6)20(30)12(7)16(26)17(19)27/h1-2,4-5,15,30H,3H2. The van der Waals surface area contributed by atoms with Gasteiger partial charge in [-0.3, -0.25) is 4.79 Å². The summed E-state index contributed by atoms with van der Waals surface area (Å²) in [6, 6.07) is 2.39. The number of phenolic OH excluding ortho intramolecular Hbond substituents is 1. The Morgan fingerprint density at radius 3 is 2.27 bits per heavy atom. The van der Waals surface area contributed by atoms with Crippen LogP contribution in [-0.4, -0.2) is 16.6 Å². The van der Waals surface area contributed by atoms with Gasteiger partial charge in [0.1, 0.15) is 17.1 Å². The Balaban J connectivity index is 1.98. The number of aromatic hydroxyl groups is 1. The van der Waals surface area contributed by atoms with Crippen LogP contribution < -0.4 is 0 Å². The van der Waals surface area contributed by atoms with Gasteiger partial charge in [-0.2, -0.15) is 0 Å². The number of hydrogen-bond acceptors (Lipinski definition) is 3. The van der Waals surface area contributed by atoms with E-state index in [-0.39, 0.29) is 43.3 Å². The van der Waals surface area contributed by atoms with E-state index < -0.39 is 46.2 Å². The number of allylic oxidation sites excluding steroid dienone is 2. The van der Waals surface area contributed by atoms with E-state index >= 15 is 4.39 Å². The molecule has 2 aliphatic rings. The van der Waals surface area contributed by atoms with Crippen LogP contribution in [0.3, 0.4) is 0 Å². The molecule has 30 heavy (non-hydrogen) atoms. The molecule has 0 heterocycles. The van der Waals surface area contributed by atoms with Crippen molar-refractivity contribution in [1.29, 1.82) is 0 Å². The summed E-state index contributed by atoms with van der Waals surface area (Å²) in [6.07, 6.45) is 0.677. The summed E-state index contributed by atoms with van der Waals surface area (Å²) in [5, 5.41) is 9.81. The summed E-state index contributed by atoms with van der Waals surface area (Å²) in [7, 11) is 0. The maximum Gasteiger partial charge on any atom is 0.184 e. The van der Waals surface area contributed by atoms with Crippen LogP contribution in [0.4, 0.5) is 18.9 Å². The van der Waals surface area contributed by atoms with Crippen LogP contribution in [0.25, 0.3) is 11.9 Å². The smallest absolute Gasteiger partial charge is 0.184 e. The van der Waals surface area contributed by atoms with Crippen LogP contribution in [0, 0.1) is 0 Å². The van der Waals surface area contributed by atoms with E-state index in [0.717, 1.165) is 6.07 Å². The van der Waals surface area contributed by atoms with E-state index in [2.05, 4.69) is 4.99 Å². The largest absolute Gasteiger partial charge is 0.506 e. The maximum absolute atomic E-state index is 15.3. The minimum Gasteiger partial charge on any atom is -0.506 e. The number of aliphatic imine (C=N–C) groups is 1. The quantitative estimate of drug-likeness (QED) is 0.410. The summed E-state index contributed by atoms with van der Waals surface area (Å²) < 4.78 is 45.0. The second-order valence-corrected chi connectivity index (χ2v) is 8.06. The molecule has 1 atom stereocenters. The first kappa shape index (κ1) is 21.2. The molecule has 0 amide bonds. The average molecular weight is 493 g/mol. The number of rotatable bonds is 1. The van der Waals surface area contributed by atoms with Gasteiger partial charge in [-0.05, 0) is 17.7 Å². The highest BCUT2D eigenvalue weighted by atomic mass is 35.5. The van der Waals surface area contributed by atoms with Crippen LogP contribution in [0.2, 0.25) is 20.1 Å². The van der Waals surface area contributed by atoms with E-state index in [1.165, 1.54) is 18.2 Å². The molecule has 2 aliphatic carbocycles. The molecule has 0 radical (unpaired) electrons. The first-order valence-electron chi connectivity index (χ1n) is 8.34. The Kier molecular flexibility index (Phi) is 5.39. The lowest BCUT2D eigenvalue weighted by atomic mass is 9.84. The molecule has 2 aromatic carbocycles. The summed E-state index contributed by atoms with van der Waals surface area (Å²) >= 11 is 23.9. The molecule has 3 nitrogen and oxygen atoms in total. The van der Waals surface area contributed by atoms with Crippen molar-refractivity contribution in [3.8, 4) is 5.75 Å². The number of phenols is 1. The van der Waals surface area contributed by atoms with Crippen LogP contribution in [0.15, 0.2) is 29.0 Å². The van der Waals surface area contributed by atoms with E-state index in [1.807, 2.05) is 0 Å². The molecule has 0 saturated heterocycles. The van der Waals surface area contributed by atoms with Gasteiger partial charge in [-0.15, -0.1) is 0 Å². The van der Waals surface area contributed by atoms with Crippen LogP contribution in [0.1, 0.15) is 39.6 Å². The van der Waals surface area contributed by atoms with Gasteiger partial charge >= 0.3 is 0 Å². The molecule has 0 bridgehead atoms. The summed E-state index contributed by atoms with van der Waals surface area (Å²) in [6.45, 7) is 0. The fourth-order valence-electron chi connectivity index (χ4n) is 3.33. The Hall–Kier alpha value is -1.99. The molecule has 10 heteroatoms. The lowest BCUT2D eigenvalue weighted by Crippen LogP contribution is -2.19. The van der Waals surface area contributed by atoms with E-state index in [0.29, 0.717) is 0 Å². The molecule has 0 fully saturated rings. The second-order valence-electron chi connectivity index (χ2n) is 6.49. The van der Waals surface area contributed by atoms with Gasteiger partial charge in [0.25, 0.3) is 0 Å². The van der Waals surface area contributed by atoms with Crippen LogP contribution >= 0.6 is 46.4 Å². The highest BCUT2D eigenvalue weighted by Gasteiger charge is 2.38. The van der Waals surface area contributed by atoms with Gasteiger partial charge in [-0.25, -0.2) is 18.2 Å². The van der Waals surface area contributed by atoms with Gasteiger partial charge < -0.3 is 5.11 Å². The fourth-order valence-corrected chi connectivity index (χ4v) is 4.21. The maximum atomic E-state index is 15.3. The predicted molar refractivity (Wildman–Crippen MR) is 113 cm³/mol. The zero-order chi connectivity index (χ0) is 21.9. The van der Waals surface area contributed by atoms with Crippen LogP contribution in [0.5, 0.6) is 5.75 Å². The first-order chi connectivity index (χ1) is 14.1. The fraction of sp³-hybridized carbons (Fsp3) is 0.100. The third-order valence-corrected chi connectivity index (χ3v) is 6.27. The minimum absolute atomic E-state index is 0.0224. The second kappa shape index (κ2) is 7.61. The molecule has 2 aromatic rings. The summed E-state index contributed by atoms with van der Waals surface area (Å²) in [4.78, 5) is 15.9. The van der Waals surface area contributed by atoms with Crippen molar-refractivity contribution in [2.45, 2.75) is 12.6 Å². The number of carbonyl (C=O) groups excluding carboxylic acids is 1. The third kappa shape index (κ3) is 3.14. The molecule has 4 rings (SSSR count). The van der Waals surface area contributed by atoms with Gasteiger partial charge in [0.15, 0.2) is 23.6 Å². The number of fused-ring (bicyclic) bond motifs is 2. The molecule has 0 aromatic heterocycles. The number of Topliss-reactive ketones (excluding diaryl/α,β-unsaturated/α-hetero) is 1. The van der Waals surface area contributed by atoms with E-state index in [4.69, 9.17) is 46.4 Å². The summed E-state index contributed by atoms with van der Waals surface area (Å²) in [5.41, 5.74) is -2.45. The van der Waals surface area contributed by atoms with Crippen molar-refractivity contribution in [2.75, 3.05) is 0 Å². The lowest BCUT2D eigenvalue weighted by Gasteiger charge is -2.24. The monoisotopic (exact) mass is 491 g/mol. The highest BCUT2D eigenvalue weighted by molar-refractivity contribution is 6.50. The molecule has 0 saturated carbocycles. The predicted octanol–water partition coefficient (Wildman–Crippen LogP) is 8.01. The Morgan fingerprint density at radius 2 is 1.63 bits per heavy atom. The molecule has 0 aliphatic heterocycles. The molecule has 1 N–H and O–H groups in total. The highest BCUT2D eigenvalue weighted by Crippen LogP contribution is 2.49. The zero-order valence-electron chi connectivity index (χ0n) is 14.5. The van der Waals surface area contributed by atoms with Crippen molar-refractivity contribution in [3.63, 3.8) is 0 Å². The van der Waals surface area contributed by atoms with Crippen molar-refractivity contribution in [2.24, 2.45) is 4.99 Å². The van der Waals surface area contributed by atoms with Gasteiger partial charge in [0.2, 0.25) is 0 Å². The number of alkyl halides is 1. The van der Waals surface area contributed by atoms with Crippen molar-refractivity contribution >= 4 is 75.5 Å². The summed E-state index contributed by atoms with van der Waals surface area (Å²) in [5.74, 6) is -4.57. The van der Waals surface area contributed by atoms with Crippen molar-refractivity contribution in [1.82, 2.24) is 0 Å². The van der Waals surface area contributed by atoms with Crippen molar-refractivity contribution in [3.05, 3.63) is 66.4 Å². The number of halogens is 7. The Morgan fingerprint density at radius 1 is 1.00 bits per heavy atom. The normalized spacial score (nSPS) is 19.4. The minimum atomic E-state index is -2.30. The number of ketones is 1. The van der Waals surface area contributed by atoms with Gasteiger partial charge in [-0.1, -0.05) is 58.6 Å². The molecule has 1 unspecified atom stereocenters. The van der Waals surface area contributed by atoms with Crippen molar-refractivity contribution < 1.29 is 23.1 Å². The average Bonchev–Trinajstić information content (AvgIpc) is 2.70. The SMILES string of the molecule is O=C1CC=Cc2cc3c(c(O)c21)C(F)=C(F)C(=Nc1c(Cl)c(Cl)cc(Cl)c1Cl)C3F. The number of nitrogens with zero attached hydrogens (tertiary/aromatic N) is 1. The number of benzene rings is 2. The molecule has 0 spiro atoms. The molecule has 154 valence electrons. The van der Waals surface area contributed by atoms with Crippen LogP contribution in [-0.2, 0) is 0 Å². The zero-order valence-corrected chi connectivity index (χ0v) is 17.6. The third-order valence-electron chi connectivity index (χ3n) is 4.71. The number of carbonyl (C=O) groups is 1. The first-order valence-corrected chi connectivity index (χ1v) is 9.85. The Bertz CT molecular complexity index is 1210. The van der Waals surface area contributed by atoms with E-state index in [9.17, 15) is 18.7 Å². The van der Waals surface area contributed by atoms with Gasteiger partial charge in [0, 0.05) is 12.0 Å². The van der Waals surface area contributed by atoms with Gasteiger partial charge in [0.05, 0.1) is 31.2 Å².